The first-order valence-corrected chi connectivity index (χ1v) is 9.49. The lowest BCUT2D eigenvalue weighted by atomic mass is 10.1. The van der Waals surface area contributed by atoms with E-state index in [0.717, 1.165) is 20.9 Å². The molecule has 8 heteroatoms. The SMILES string of the molecule is c1csc(-c2nc(-c3ccc(-c4noc(-c5cccs5)n4)cc3)no2)c1. The van der Waals surface area contributed by atoms with Gasteiger partial charge in [0.25, 0.3) is 11.8 Å². The number of hydrogen-bond acceptors (Lipinski definition) is 8. The predicted molar refractivity (Wildman–Crippen MR) is 99.7 cm³/mol. The highest BCUT2D eigenvalue weighted by Gasteiger charge is 2.14. The molecular formula is C18H10N4O2S2. The number of nitrogens with zero attached hydrogens (tertiary/aromatic N) is 4. The summed E-state index contributed by atoms with van der Waals surface area (Å²) in [5.41, 5.74) is 1.73. The Morgan fingerprint density at radius 2 is 1.08 bits per heavy atom. The van der Waals surface area contributed by atoms with E-state index in [4.69, 9.17) is 9.05 Å². The van der Waals surface area contributed by atoms with Crippen LogP contribution in [0.15, 0.2) is 68.3 Å². The molecule has 1 aromatic carbocycles. The van der Waals surface area contributed by atoms with Crippen LogP contribution in [-0.2, 0) is 0 Å². The van der Waals surface area contributed by atoms with Crippen LogP contribution in [0.5, 0.6) is 0 Å². The monoisotopic (exact) mass is 378 g/mol. The van der Waals surface area contributed by atoms with Crippen LogP contribution in [0, 0.1) is 0 Å². The quantitative estimate of drug-likeness (QED) is 0.425. The first-order valence-electron chi connectivity index (χ1n) is 7.73. The lowest BCUT2D eigenvalue weighted by molar-refractivity contribution is 0.433. The summed E-state index contributed by atoms with van der Waals surface area (Å²) < 4.78 is 10.7. The van der Waals surface area contributed by atoms with Crippen molar-refractivity contribution < 1.29 is 9.05 Å². The van der Waals surface area contributed by atoms with E-state index in [2.05, 4.69) is 20.3 Å². The van der Waals surface area contributed by atoms with Gasteiger partial charge in [-0.05, 0) is 22.9 Å². The van der Waals surface area contributed by atoms with Crippen LogP contribution in [-0.4, -0.2) is 20.3 Å². The second kappa shape index (κ2) is 6.32. The van der Waals surface area contributed by atoms with Crippen molar-refractivity contribution in [2.24, 2.45) is 0 Å². The molecule has 0 bridgehead atoms. The third-order valence-electron chi connectivity index (χ3n) is 3.72. The van der Waals surface area contributed by atoms with Crippen molar-refractivity contribution in [2.45, 2.75) is 0 Å². The maximum Gasteiger partial charge on any atom is 0.268 e. The zero-order valence-electron chi connectivity index (χ0n) is 13.2. The van der Waals surface area contributed by atoms with Crippen LogP contribution in [0.3, 0.4) is 0 Å². The van der Waals surface area contributed by atoms with Gasteiger partial charge in [0.1, 0.15) is 0 Å². The van der Waals surface area contributed by atoms with E-state index in [1.54, 1.807) is 22.7 Å². The van der Waals surface area contributed by atoms with Crippen molar-refractivity contribution in [3.63, 3.8) is 0 Å². The molecular weight excluding hydrogens is 368 g/mol. The Bertz CT molecular complexity index is 1040. The topological polar surface area (TPSA) is 77.8 Å². The number of hydrogen-bond donors (Lipinski definition) is 0. The molecule has 126 valence electrons. The Balaban J connectivity index is 1.41. The van der Waals surface area contributed by atoms with Crippen LogP contribution in [0.25, 0.3) is 44.3 Å². The van der Waals surface area contributed by atoms with E-state index in [9.17, 15) is 0 Å². The molecule has 0 unspecified atom stereocenters. The normalized spacial score (nSPS) is 11.1. The molecule has 6 nitrogen and oxygen atoms in total. The van der Waals surface area contributed by atoms with Crippen LogP contribution >= 0.6 is 22.7 Å². The summed E-state index contributed by atoms with van der Waals surface area (Å²) in [6.45, 7) is 0. The fraction of sp³-hybridized carbons (Fsp3) is 0. The van der Waals surface area contributed by atoms with E-state index in [-0.39, 0.29) is 0 Å². The summed E-state index contributed by atoms with van der Waals surface area (Å²) in [6.07, 6.45) is 0. The standard InChI is InChI=1S/C18H10N4O2S2/c1-3-13(25-9-1)17-19-15(21-23-17)11-5-7-12(8-6-11)16-20-18(24-22-16)14-4-2-10-26-14/h1-10H. The van der Waals surface area contributed by atoms with Gasteiger partial charge < -0.3 is 9.05 Å². The number of aromatic nitrogens is 4. The van der Waals surface area contributed by atoms with Crippen LogP contribution in [0.1, 0.15) is 0 Å². The largest absolute Gasteiger partial charge is 0.333 e. The minimum absolute atomic E-state index is 0.526. The van der Waals surface area contributed by atoms with Gasteiger partial charge in [-0.15, -0.1) is 22.7 Å². The Morgan fingerprint density at radius 1 is 0.615 bits per heavy atom. The van der Waals surface area contributed by atoms with Gasteiger partial charge in [-0.2, -0.15) is 9.97 Å². The second-order valence-electron chi connectivity index (χ2n) is 5.38. The second-order valence-corrected chi connectivity index (χ2v) is 7.27. The summed E-state index contributed by atoms with van der Waals surface area (Å²) in [4.78, 5) is 10.8. The lowest BCUT2D eigenvalue weighted by Crippen LogP contribution is -1.84. The third-order valence-corrected chi connectivity index (χ3v) is 5.43. The van der Waals surface area contributed by atoms with Gasteiger partial charge in [0.15, 0.2) is 0 Å². The summed E-state index contributed by atoms with van der Waals surface area (Å²) in [6, 6.07) is 15.5. The van der Waals surface area contributed by atoms with Gasteiger partial charge in [0.2, 0.25) is 11.6 Å². The van der Waals surface area contributed by atoms with Crippen LogP contribution < -0.4 is 0 Å². The van der Waals surface area contributed by atoms with Crippen molar-refractivity contribution in [2.75, 3.05) is 0 Å². The number of benzene rings is 1. The van der Waals surface area contributed by atoms with E-state index < -0.39 is 0 Å². The Kier molecular flexibility index (Phi) is 3.69. The highest BCUT2D eigenvalue weighted by atomic mass is 32.1. The van der Waals surface area contributed by atoms with Gasteiger partial charge in [-0.3, -0.25) is 0 Å². The highest BCUT2D eigenvalue weighted by Crippen LogP contribution is 2.28. The Morgan fingerprint density at radius 3 is 1.46 bits per heavy atom. The molecule has 0 amide bonds. The van der Waals surface area contributed by atoms with Crippen LogP contribution in [0.2, 0.25) is 0 Å². The van der Waals surface area contributed by atoms with Crippen molar-refractivity contribution in [3.8, 4) is 44.3 Å². The van der Waals surface area contributed by atoms with Crippen LogP contribution in [0.4, 0.5) is 0 Å². The van der Waals surface area contributed by atoms with E-state index in [1.165, 1.54) is 0 Å². The molecule has 0 N–H and O–H groups in total. The molecule has 5 aromatic rings. The minimum Gasteiger partial charge on any atom is -0.333 e. The van der Waals surface area contributed by atoms with Gasteiger partial charge in [0, 0.05) is 11.1 Å². The summed E-state index contributed by atoms with van der Waals surface area (Å²) >= 11 is 3.13. The zero-order valence-corrected chi connectivity index (χ0v) is 14.8. The summed E-state index contributed by atoms with van der Waals surface area (Å²) in [7, 11) is 0. The Labute approximate surface area is 155 Å². The molecule has 0 fully saturated rings. The molecule has 0 aliphatic carbocycles. The van der Waals surface area contributed by atoms with E-state index in [1.807, 2.05) is 59.3 Å². The van der Waals surface area contributed by atoms with Gasteiger partial charge in [0.05, 0.1) is 9.75 Å². The first kappa shape index (κ1) is 15.2. The fourth-order valence-electron chi connectivity index (χ4n) is 2.45. The lowest BCUT2D eigenvalue weighted by Gasteiger charge is -1.96. The molecule has 0 aliphatic rings. The minimum atomic E-state index is 0.526. The van der Waals surface area contributed by atoms with E-state index in [0.29, 0.717) is 23.4 Å². The first-order chi connectivity index (χ1) is 12.9. The highest BCUT2D eigenvalue weighted by molar-refractivity contribution is 7.13. The van der Waals surface area contributed by atoms with Crippen molar-refractivity contribution in [1.29, 1.82) is 0 Å². The van der Waals surface area contributed by atoms with E-state index >= 15 is 0 Å². The smallest absolute Gasteiger partial charge is 0.268 e. The molecule has 0 radical (unpaired) electrons. The average Bonchev–Trinajstić information content (AvgIpc) is 3.49. The number of thiophene rings is 2. The molecule has 0 spiro atoms. The molecule has 5 rings (SSSR count). The summed E-state index contributed by atoms with van der Waals surface area (Å²) in [5.74, 6) is 2.15. The molecule has 0 saturated heterocycles. The fourth-order valence-corrected chi connectivity index (χ4v) is 3.74. The predicted octanol–water partition coefficient (Wildman–Crippen LogP) is 5.24. The van der Waals surface area contributed by atoms with Crippen molar-refractivity contribution >= 4 is 22.7 Å². The molecule has 4 heterocycles. The molecule has 0 saturated carbocycles. The molecule has 0 aliphatic heterocycles. The summed E-state index contributed by atoms with van der Waals surface area (Å²) in [5, 5.41) is 12.1. The van der Waals surface area contributed by atoms with Crippen molar-refractivity contribution in [1.82, 2.24) is 20.3 Å². The molecule has 0 atom stereocenters. The van der Waals surface area contributed by atoms with Crippen molar-refractivity contribution in [3.05, 3.63) is 59.3 Å². The van der Waals surface area contributed by atoms with Gasteiger partial charge >= 0.3 is 0 Å². The van der Waals surface area contributed by atoms with Gasteiger partial charge in [-0.25, -0.2) is 0 Å². The number of rotatable bonds is 4. The van der Waals surface area contributed by atoms with Gasteiger partial charge in [-0.1, -0.05) is 46.7 Å². The molecule has 4 aromatic heterocycles. The Hall–Kier alpha value is -3.10. The molecule has 26 heavy (non-hydrogen) atoms. The average molecular weight is 378 g/mol. The maximum atomic E-state index is 5.33. The third kappa shape index (κ3) is 2.75. The zero-order chi connectivity index (χ0) is 17.3. The maximum absolute atomic E-state index is 5.33.